The number of nitrogens with zero attached hydrogens (tertiary/aromatic N) is 1. The normalized spacial score (nSPS) is 22.4. The molecular formula is C20H26F3NO2. The van der Waals surface area contributed by atoms with Crippen molar-refractivity contribution in [1.29, 1.82) is 0 Å². The van der Waals surface area contributed by atoms with Gasteiger partial charge in [-0.2, -0.15) is 13.2 Å². The molecule has 2 fully saturated rings. The molecule has 1 aromatic carbocycles. The summed E-state index contributed by atoms with van der Waals surface area (Å²) in [6.07, 6.45) is 0.239. The number of piperidine rings is 1. The molecule has 1 atom stereocenters. The Balaban J connectivity index is 1.57. The van der Waals surface area contributed by atoms with Crippen LogP contribution in [-0.4, -0.2) is 37.1 Å². The van der Waals surface area contributed by atoms with Crippen molar-refractivity contribution >= 4 is 5.91 Å². The molecule has 0 unspecified atom stereocenters. The Kier molecular flexibility index (Phi) is 6.22. The van der Waals surface area contributed by atoms with Gasteiger partial charge in [0.15, 0.2) is 0 Å². The van der Waals surface area contributed by atoms with Gasteiger partial charge in [-0.15, -0.1) is 0 Å². The van der Waals surface area contributed by atoms with Gasteiger partial charge in [0.1, 0.15) is 0 Å². The number of carbonyl (C=O) groups excluding carboxylic acids is 1. The first kappa shape index (κ1) is 19.2. The molecule has 0 N–H and O–H groups in total. The molecule has 0 aromatic heterocycles. The third-order valence-corrected chi connectivity index (χ3v) is 5.55. The van der Waals surface area contributed by atoms with Crippen molar-refractivity contribution in [3.63, 3.8) is 0 Å². The number of ether oxygens (including phenoxy) is 1. The average molecular weight is 369 g/mol. The van der Waals surface area contributed by atoms with Crippen molar-refractivity contribution in [3.8, 4) is 0 Å². The van der Waals surface area contributed by atoms with Crippen LogP contribution in [0.4, 0.5) is 13.2 Å². The fourth-order valence-electron chi connectivity index (χ4n) is 4.08. The molecule has 3 rings (SSSR count). The fraction of sp³-hybridized carbons (Fsp3) is 0.650. The van der Waals surface area contributed by atoms with Crippen molar-refractivity contribution in [3.05, 3.63) is 35.4 Å². The lowest BCUT2D eigenvalue weighted by molar-refractivity contribution is -0.140. The van der Waals surface area contributed by atoms with E-state index in [1.165, 1.54) is 6.07 Å². The maximum Gasteiger partial charge on any atom is 0.416 e. The number of rotatable bonds is 4. The number of amides is 1. The van der Waals surface area contributed by atoms with Crippen LogP contribution < -0.4 is 0 Å². The fourth-order valence-corrected chi connectivity index (χ4v) is 4.08. The second kappa shape index (κ2) is 8.42. The minimum Gasteiger partial charge on any atom is -0.381 e. The highest BCUT2D eigenvalue weighted by Gasteiger charge is 2.33. The van der Waals surface area contributed by atoms with E-state index in [2.05, 4.69) is 0 Å². The summed E-state index contributed by atoms with van der Waals surface area (Å²) in [4.78, 5) is 14.6. The van der Waals surface area contributed by atoms with Gasteiger partial charge >= 0.3 is 6.18 Å². The molecule has 1 amide bonds. The van der Waals surface area contributed by atoms with Crippen LogP contribution in [-0.2, 0) is 22.1 Å². The number of likely N-dealkylation sites (tertiary alicyclic amines) is 1. The number of aryl methyl sites for hydroxylation is 1. The van der Waals surface area contributed by atoms with Crippen LogP contribution in [0, 0.1) is 11.8 Å². The number of halogens is 3. The van der Waals surface area contributed by atoms with Crippen LogP contribution in [0.1, 0.15) is 43.2 Å². The first-order valence-corrected chi connectivity index (χ1v) is 9.47. The molecule has 26 heavy (non-hydrogen) atoms. The summed E-state index contributed by atoms with van der Waals surface area (Å²) < 4.78 is 44.7. The quantitative estimate of drug-likeness (QED) is 0.792. The van der Waals surface area contributed by atoms with Gasteiger partial charge in [-0.05, 0) is 56.1 Å². The van der Waals surface area contributed by atoms with Gasteiger partial charge in [0.2, 0.25) is 5.91 Å². The zero-order valence-corrected chi connectivity index (χ0v) is 14.9. The van der Waals surface area contributed by atoms with Gasteiger partial charge < -0.3 is 9.64 Å². The molecule has 2 aliphatic rings. The third kappa shape index (κ3) is 4.78. The Hall–Kier alpha value is -1.56. The van der Waals surface area contributed by atoms with E-state index >= 15 is 0 Å². The first-order valence-electron chi connectivity index (χ1n) is 9.47. The lowest BCUT2D eigenvalue weighted by atomic mass is 9.89. The average Bonchev–Trinajstić information content (AvgIpc) is 2.66. The Bertz CT molecular complexity index is 611. The summed E-state index contributed by atoms with van der Waals surface area (Å²) in [5.74, 6) is 0.524. The van der Waals surface area contributed by atoms with E-state index in [4.69, 9.17) is 4.74 Å². The molecule has 0 aliphatic carbocycles. The molecule has 144 valence electrons. The predicted octanol–water partition coefficient (Wildman–Crippen LogP) is 4.30. The van der Waals surface area contributed by atoms with E-state index < -0.39 is 11.7 Å². The summed E-state index contributed by atoms with van der Waals surface area (Å²) in [7, 11) is 0. The molecule has 0 bridgehead atoms. The van der Waals surface area contributed by atoms with Crippen LogP contribution >= 0.6 is 0 Å². The predicted molar refractivity (Wildman–Crippen MR) is 92.6 cm³/mol. The van der Waals surface area contributed by atoms with Crippen molar-refractivity contribution in [2.75, 3.05) is 26.3 Å². The van der Waals surface area contributed by atoms with Crippen LogP contribution in [0.5, 0.6) is 0 Å². The van der Waals surface area contributed by atoms with Gasteiger partial charge in [0.05, 0.1) is 5.56 Å². The van der Waals surface area contributed by atoms with E-state index in [0.717, 1.165) is 38.3 Å². The minimum absolute atomic E-state index is 0.0495. The summed E-state index contributed by atoms with van der Waals surface area (Å²) >= 11 is 0. The zero-order chi connectivity index (χ0) is 18.6. The van der Waals surface area contributed by atoms with Gasteiger partial charge in [-0.3, -0.25) is 4.79 Å². The summed E-state index contributed by atoms with van der Waals surface area (Å²) in [5.41, 5.74) is -0.182. The highest BCUT2D eigenvalue weighted by Crippen LogP contribution is 2.33. The van der Waals surface area contributed by atoms with Crippen LogP contribution in [0.25, 0.3) is 0 Å². The third-order valence-electron chi connectivity index (χ3n) is 5.55. The second-order valence-electron chi connectivity index (χ2n) is 7.37. The van der Waals surface area contributed by atoms with Crippen molar-refractivity contribution in [2.24, 2.45) is 11.8 Å². The van der Waals surface area contributed by atoms with Gasteiger partial charge in [0.25, 0.3) is 0 Å². The van der Waals surface area contributed by atoms with Gasteiger partial charge in [-0.1, -0.05) is 18.2 Å². The Morgan fingerprint density at radius 3 is 2.62 bits per heavy atom. The highest BCUT2D eigenvalue weighted by atomic mass is 19.4. The van der Waals surface area contributed by atoms with Crippen molar-refractivity contribution in [2.45, 2.75) is 44.7 Å². The van der Waals surface area contributed by atoms with Crippen molar-refractivity contribution < 1.29 is 22.7 Å². The molecule has 0 radical (unpaired) electrons. The summed E-state index contributed by atoms with van der Waals surface area (Å²) in [6, 6.07) is 5.81. The number of hydrogen-bond acceptors (Lipinski definition) is 2. The van der Waals surface area contributed by atoms with E-state index in [1.807, 2.05) is 4.90 Å². The topological polar surface area (TPSA) is 29.5 Å². The largest absolute Gasteiger partial charge is 0.416 e. The maximum absolute atomic E-state index is 13.1. The second-order valence-corrected chi connectivity index (χ2v) is 7.37. The standard InChI is InChI=1S/C20H26F3NO2/c21-20(22,23)18-6-2-1-5-16(18)8-7-15-4-3-11-24(14-15)19(25)17-9-12-26-13-10-17/h1-2,5-6,15,17H,3-4,7-14H2/t15-/m0/s1. The maximum atomic E-state index is 13.1. The van der Waals surface area contributed by atoms with Crippen LogP contribution in [0.15, 0.2) is 24.3 Å². The van der Waals surface area contributed by atoms with E-state index in [0.29, 0.717) is 38.2 Å². The number of benzene rings is 1. The smallest absolute Gasteiger partial charge is 0.381 e. The molecule has 1 aromatic rings. The summed E-state index contributed by atoms with van der Waals surface area (Å²) in [6.45, 7) is 2.72. The monoisotopic (exact) mass is 369 g/mol. The number of alkyl halides is 3. The van der Waals surface area contributed by atoms with Gasteiger partial charge in [-0.25, -0.2) is 0 Å². The molecule has 2 saturated heterocycles. The Labute approximate surface area is 152 Å². The van der Waals surface area contributed by atoms with Crippen molar-refractivity contribution in [1.82, 2.24) is 4.90 Å². The number of hydrogen-bond donors (Lipinski definition) is 0. The van der Waals surface area contributed by atoms with E-state index in [-0.39, 0.29) is 17.7 Å². The lowest BCUT2D eigenvalue weighted by Gasteiger charge is -2.36. The van der Waals surface area contributed by atoms with Gasteiger partial charge in [0, 0.05) is 32.2 Å². The molecule has 2 aliphatic heterocycles. The summed E-state index contributed by atoms with van der Waals surface area (Å²) in [5, 5.41) is 0. The molecule has 0 saturated carbocycles. The molecule has 6 heteroatoms. The van der Waals surface area contributed by atoms with Crippen LogP contribution in [0.2, 0.25) is 0 Å². The molecule has 3 nitrogen and oxygen atoms in total. The Morgan fingerprint density at radius 2 is 1.88 bits per heavy atom. The zero-order valence-electron chi connectivity index (χ0n) is 14.9. The highest BCUT2D eigenvalue weighted by molar-refractivity contribution is 5.79. The first-order chi connectivity index (χ1) is 12.4. The minimum atomic E-state index is -4.31. The molecule has 2 heterocycles. The van der Waals surface area contributed by atoms with Crippen LogP contribution in [0.3, 0.4) is 0 Å². The van der Waals surface area contributed by atoms with E-state index in [9.17, 15) is 18.0 Å². The SMILES string of the molecule is O=C(C1CCOCC1)N1CCC[C@@H](CCc2ccccc2C(F)(F)F)C1. The Morgan fingerprint density at radius 1 is 1.15 bits per heavy atom. The molecule has 0 spiro atoms. The van der Waals surface area contributed by atoms with E-state index in [1.54, 1.807) is 12.1 Å². The lowest BCUT2D eigenvalue weighted by Crippen LogP contribution is -2.44. The molecular weight excluding hydrogens is 343 g/mol. The number of carbonyl (C=O) groups is 1.